The van der Waals surface area contributed by atoms with E-state index < -0.39 is 47.4 Å². The standard InChI is InChI=1S/C31H26F2N2O3S/c1-17-5-3-6-20(15-17)28(36)25-24(19-9-11-22(32)12-10-19)27(30(34)37)35(26(25)29-18(2)13-14-39-29)31(38)21-7-4-8-23(33)16-21/h3-16,24-27H,1-2H3,(H2,34,37). The Morgan fingerprint density at radius 2 is 1.54 bits per heavy atom. The highest BCUT2D eigenvalue weighted by atomic mass is 32.1. The smallest absolute Gasteiger partial charge is 0.255 e. The fourth-order valence-corrected chi connectivity index (χ4v) is 6.67. The van der Waals surface area contributed by atoms with Gasteiger partial charge in [-0.3, -0.25) is 14.4 Å². The number of benzene rings is 3. The van der Waals surface area contributed by atoms with E-state index in [2.05, 4.69) is 0 Å². The number of likely N-dealkylation sites (tertiary alicyclic amines) is 1. The number of amides is 2. The van der Waals surface area contributed by atoms with Gasteiger partial charge in [-0.2, -0.15) is 0 Å². The molecule has 1 aliphatic heterocycles. The molecule has 2 heterocycles. The fraction of sp³-hybridized carbons (Fsp3) is 0.194. The van der Waals surface area contributed by atoms with E-state index in [0.29, 0.717) is 11.1 Å². The summed E-state index contributed by atoms with van der Waals surface area (Å²) in [5.41, 5.74) is 8.65. The van der Waals surface area contributed by atoms with Gasteiger partial charge in [0, 0.05) is 21.9 Å². The molecular weight excluding hydrogens is 518 g/mol. The molecule has 1 saturated heterocycles. The third-order valence-electron chi connectivity index (χ3n) is 7.29. The minimum absolute atomic E-state index is 0.0296. The number of halogens is 2. The topological polar surface area (TPSA) is 80.5 Å². The van der Waals surface area contributed by atoms with E-state index in [1.807, 2.05) is 31.4 Å². The Kier molecular flexibility index (Phi) is 7.14. The lowest BCUT2D eigenvalue weighted by molar-refractivity contribution is -0.122. The van der Waals surface area contributed by atoms with Gasteiger partial charge in [-0.25, -0.2) is 8.78 Å². The number of rotatable bonds is 6. The second kappa shape index (κ2) is 10.5. The summed E-state index contributed by atoms with van der Waals surface area (Å²) in [5, 5.41) is 1.86. The molecule has 4 aromatic rings. The van der Waals surface area contributed by atoms with Crippen molar-refractivity contribution in [3.8, 4) is 0 Å². The third kappa shape index (κ3) is 4.88. The molecule has 1 fully saturated rings. The number of hydrogen-bond acceptors (Lipinski definition) is 4. The monoisotopic (exact) mass is 544 g/mol. The molecule has 4 atom stereocenters. The molecule has 0 spiro atoms. The highest BCUT2D eigenvalue weighted by Gasteiger charge is 2.57. The van der Waals surface area contributed by atoms with Crippen molar-refractivity contribution in [2.75, 3.05) is 0 Å². The Labute approximate surface area is 228 Å². The van der Waals surface area contributed by atoms with Gasteiger partial charge in [0.2, 0.25) is 5.91 Å². The number of nitrogens with two attached hydrogens (primary N) is 1. The van der Waals surface area contributed by atoms with Crippen LogP contribution in [0.5, 0.6) is 0 Å². The zero-order valence-electron chi connectivity index (χ0n) is 21.3. The lowest BCUT2D eigenvalue weighted by Crippen LogP contribution is -2.46. The Bertz CT molecular complexity index is 1570. The van der Waals surface area contributed by atoms with Crippen molar-refractivity contribution in [1.29, 1.82) is 0 Å². The molecule has 2 amide bonds. The van der Waals surface area contributed by atoms with Crippen LogP contribution in [0, 0.1) is 31.4 Å². The molecule has 5 rings (SSSR count). The van der Waals surface area contributed by atoms with Crippen LogP contribution in [-0.4, -0.2) is 28.5 Å². The van der Waals surface area contributed by atoms with Crippen LogP contribution < -0.4 is 5.73 Å². The largest absolute Gasteiger partial charge is 0.368 e. The maximum Gasteiger partial charge on any atom is 0.255 e. The number of nitrogens with zero attached hydrogens (tertiary/aromatic N) is 1. The van der Waals surface area contributed by atoms with Crippen LogP contribution in [0.2, 0.25) is 0 Å². The van der Waals surface area contributed by atoms with Crippen LogP contribution in [0.3, 0.4) is 0 Å². The van der Waals surface area contributed by atoms with E-state index in [1.165, 1.54) is 58.7 Å². The Morgan fingerprint density at radius 3 is 2.15 bits per heavy atom. The first kappa shape index (κ1) is 26.4. The third-order valence-corrected chi connectivity index (χ3v) is 8.38. The quantitative estimate of drug-likeness (QED) is 0.304. The molecule has 2 N–H and O–H groups in total. The predicted octanol–water partition coefficient (Wildman–Crippen LogP) is 5.98. The van der Waals surface area contributed by atoms with Crippen LogP contribution in [0.15, 0.2) is 84.2 Å². The van der Waals surface area contributed by atoms with Gasteiger partial charge in [-0.15, -0.1) is 11.3 Å². The lowest BCUT2D eigenvalue weighted by atomic mass is 9.76. The first-order valence-electron chi connectivity index (χ1n) is 12.4. The zero-order chi connectivity index (χ0) is 27.8. The van der Waals surface area contributed by atoms with Crippen molar-refractivity contribution < 1.29 is 23.2 Å². The molecule has 1 aromatic heterocycles. The summed E-state index contributed by atoms with van der Waals surface area (Å²) in [5.74, 6) is -4.60. The van der Waals surface area contributed by atoms with Gasteiger partial charge in [0.1, 0.15) is 17.7 Å². The molecule has 0 saturated carbocycles. The van der Waals surface area contributed by atoms with Crippen molar-refractivity contribution in [3.05, 3.63) is 129 Å². The number of aryl methyl sites for hydroxylation is 2. The first-order chi connectivity index (χ1) is 18.7. The Morgan fingerprint density at radius 1 is 0.846 bits per heavy atom. The van der Waals surface area contributed by atoms with Crippen LogP contribution in [0.1, 0.15) is 54.2 Å². The Hall–Kier alpha value is -4.17. The number of thiophene rings is 1. The number of primary amides is 1. The lowest BCUT2D eigenvalue weighted by Gasteiger charge is -2.30. The second-order valence-corrected chi connectivity index (χ2v) is 10.8. The van der Waals surface area contributed by atoms with Gasteiger partial charge in [0.15, 0.2) is 5.78 Å². The van der Waals surface area contributed by atoms with Crippen LogP contribution in [-0.2, 0) is 4.79 Å². The highest BCUT2D eigenvalue weighted by Crippen LogP contribution is 2.53. The minimum Gasteiger partial charge on any atom is -0.368 e. The summed E-state index contributed by atoms with van der Waals surface area (Å²) in [4.78, 5) is 43.7. The van der Waals surface area contributed by atoms with E-state index >= 15 is 0 Å². The summed E-state index contributed by atoms with van der Waals surface area (Å²) in [6.07, 6.45) is 0. The summed E-state index contributed by atoms with van der Waals surface area (Å²) < 4.78 is 28.2. The number of ketones is 1. The van der Waals surface area contributed by atoms with Crippen LogP contribution in [0.25, 0.3) is 0 Å². The molecule has 3 aromatic carbocycles. The second-order valence-electron chi connectivity index (χ2n) is 9.82. The van der Waals surface area contributed by atoms with Crippen LogP contribution >= 0.6 is 11.3 Å². The average molecular weight is 545 g/mol. The maximum absolute atomic E-state index is 14.4. The fourth-order valence-electron chi connectivity index (χ4n) is 5.60. The molecule has 8 heteroatoms. The van der Waals surface area contributed by atoms with Gasteiger partial charge in [0.25, 0.3) is 5.91 Å². The van der Waals surface area contributed by atoms with Gasteiger partial charge >= 0.3 is 0 Å². The molecule has 0 bridgehead atoms. The van der Waals surface area contributed by atoms with E-state index in [-0.39, 0.29) is 11.3 Å². The molecular formula is C31H26F2N2O3S. The highest BCUT2D eigenvalue weighted by molar-refractivity contribution is 7.10. The normalized spacial score (nSPS) is 20.7. The molecule has 4 unspecified atom stereocenters. The summed E-state index contributed by atoms with van der Waals surface area (Å²) >= 11 is 1.37. The van der Waals surface area contributed by atoms with Gasteiger partial charge in [-0.05, 0) is 72.8 Å². The van der Waals surface area contributed by atoms with Crippen molar-refractivity contribution in [2.45, 2.75) is 31.8 Å². The van der Waals surface area contributed by atoms with E-state index in [9.17, 15) is 23.2 Å². The van der Waals surface area contributed by atoms with Crippen molar-refractivity contribution >= 4 is 28.9 Å². The summed E-state index contributed by atoms with van der Waals surface area (Å²) in [7, 11) is 0. The molecule has 39 heavy (non-hydrogen) atoms. The predicted molar refractivity (Wildman–Crippen MR) is 145 cm³/mol. The summed E-state index contributed by atoms with van der Waals surface area (Å²) in [6.45, 7) is 3.74. The molecule has 1 aliphatic rings. The SMILES string of the molecule is Cc1cccc(C(=O)C2C(c3ccc(F)cc3)C(C(N)=O)N(C(=O)c3cccc(F)c3)C2c2sccc2C)c1. The molecule has 5 nitrogen and oxygen atoms in total. The van der Waals surface area contributed by atoms with E-state index in [0.717, 1.165) is 22.1 Å². The summed E-state index contributed by atoms with van der Waals surface area (Å²) in [6, 6.07) is 17.6. The number of hydrogen-bond donors (Lipinski definition) is 1. The average Bonchev–Trinajstić information content (AvgIpc) is 3.49. The Balaban J connectivity index is 1.78. The number of Topliss-reactive ketones (excluding diaryl/α,β-unsaturated/α-hetero) is 1. The van der Waals surface area contributed by atoms with Gasteiger partial charge in [0.05, 0.1) is 12.0 Å². The van der Waals surface area contributed by atoms with Gasteiger partial charge in [-0.1, -0.05) is 42.0 Å². The number of carbonyl (C=O) groups excluding carboxylic acids is 3. The number of carbonyl (C=O) groups is 3. The minimum atomic E-state index is -1.25. The van der Waals surface area contributed by atoms with E-state index in [4.69, 9.17) is 5.73 Å². The first-order valence-corrected chi connectivity index (χ1v) is 13.3. The van der Waals surface area contributed by atoms with Crippen LogP contribution in [0.4, 0.5) is 8.78 Å². The van der Waals surface area contributed by atoms with Crippen molar-refractivity contribution in [1.82, 2.24) is 4.90 Å². The van der Waals surface area contributed by atoms with Crippen molar-refractivity contribution in [2.24, 2.45) is 11.7 Å². The maximum atomic E-state index is 14.4. The van der Waals surface area contributed by atoms with Crippen molar-refractivity contribution in [3.63, 3.8) is 0 Å². The molecule has 0 aliphatic carbocycles. The molecule has 198 valence electrons. The zero-order valence-corrected chi connectivity index (χ0v) is 22.1. The molecule has 0 radical (unpaired) electrons. The van der Waals surface area contributed by atoms with E-state index in [1.54, 1.807) is 18.2 Å². The van der Waals surface area contributed by atoms with Gasteiger partial charge < -0.3 is 10.6 Å².